The predicted molar refractivity (Wildman–Crippen MR) is 75.3 cm³/mol. The van der Waals surface area contributed by atoms with Crippen molar-refractivity contribution in [1.29, 1.82) is 0 Å². The van der Waals surface area contributed by atoms with Gasteiger partial charge in [-0.1, -0.05) is 6.07 Å². The lowest BCUT2D eigenvalue weighted by atomic mass is 9.88. The SMILES string of the molecule is NC1CCCc2ccc(OCC3CCOCC3)cc21. The number of aryl methyl sites for hydroxylation is 1. The smallest absolute Gasteiger partial charge is 0.119 e. The van der Waals surface area contributed by atoms with Crippen molar-refractivity contribution in [2.75, 3.05) is 19.8 Å². The first-order valence-electron chi connectivity index (χ1n) is 7.42. The molecule has 2 N–H and O–H groups in total. The molecule has 1 fully saturated rings. The molecule has 0 radical (unpaired) electrons. The minimum absolute atomic E-state index is 0.190. The van der Waals surface area contributed by atoms with Crippen molar-refractivity contribution in [3.8, 4) is 5.75 Å². The van der Waals surface area contributed by atoms with Gasteiger partial charge in [-0.3, -0.25) is 0 Å². The molecule has 1 aliphatic carbocycles. The van der Waals surface area contributed by atoms with Gasteiger partial charge in [0.1, 0.15) is 5.75 Å². The van der Waals surface area contributed by atoms with E-state index in [1.54, 1.807) is 0 Å². The van der Waals surface area contributed by atoms with Crippen LogP contribution >= 0.6 is 0 Å². The molecular formula is C16H23NO2. The Hall–Kier alpha value is -1.06. The first-order valence-corrected chi connectivity index (χ1v) is 7.42. The molecule has 3 heteroatoms. The van der Waals surface area contributed by atoms with Crippen LogP contribution < -0.4 is 10.5 Å². The highest BCUT2D eigenvalue weighted by Crippen LogP contribution is 2.31. The van der Waals surface area contributed by atoms with Gasteiger partial charge < -0.3 is 15.2 Å². The van der Waals surface area contributed by atoms with Gasteiger partial charge in [0.05, 0.1) is 6.61 Å². The van der Waals surface area contributed by atoms with Crippen LogP contribution in [0.25, 0.3) is 0 Å². The van der Waals surface area contributed by atoms with E-state index >= 15 is 0 Å². The van der Waals surface area contributed by atoms with Crippen molar-refractivity contribution >= 4 is 0 Å². The number of hydrogen-bond donors (Lipinski definition) is 1. The third kappa shape index (κ3) is 3.10. The van der Waals surface area contributed by atoms with Crippen molar-refractivity contribution in [3.63, 3.8) is 0 Å². The summed E-state index contributed by atoms with van der Waals surface area (Å²) in [4.78, 5) is 0. The highest BCUT2D eigenvalue weighted by molar-refractivity contribution is 5.39. The summed E-state index contributed by atoms with van der Waals surface area (Å²) < 4.78 is 11.3. The van der Waals surface area contributed by atoms with Crippen LogP contribution in [0.5, 0.6) is 5.75 Å². The molecular weight excluding hydrogens is 238 g/mol. The number of ether oxygens (including phenoxy) is 2. The minimum atomic E-state index is 0.190. The molecule has 1 unspecified atom stereocenters. The van der Waals surface area contributed by atoms with Gasteiger partial charge in [-0.05, 0) is 61.3 Å². The fraction of sp³-hybridized carbons (Fsp3) is 0.625. The van der Waals surface area contributed by atoms with Gasteiger partial charge in [0.15, 0.2) is 0 Å². The maximum Gasteiger partial charge on any atom is 0.119 e. The summed E-state index contributed by atoms with van der Waals surface area (Å²) in [7, 11) is 0. The lowest BCUT2D eigenvalue weighted by Gasteiger charge is -2.24. The Morgan fingerprint density at radius 2 is 2.05 bits per heavy atom. The summed E-state index contributed by atoms with van der Waals surface area (Å²) >= 11 is 0. The summed E-state index contributed by atoms with van der Waals surface area (Å²) in [6.45, 7) is 2.56. The zero-order valence-electron chi connectivity index (χ0n) is 11.4. The Morgan fingerprint density at radius 1 is 1.21 bits per heavy atom. The first-order chi connectivity index (χ1) is 9.33. The monoisotopic (exact) mass is 261 g/mol. The lowest BCUT2D eigenvalue weighted by molar-refractivity contribution is 0.0497. The van der Waals surface area contributed by atoms with E-state index in [1.165, 1.54) is 17.5 Å². The van der Waals surface area contributed by atoms with Gasteiger partial charge in [0.2, 0.25) is 0 Å². The molecule has 2 aliphatic rings. The van der Waals surface area contributed by atoms with Crippen LogP contribution in [-0.2, 0) is 11.2 Å². The van der Waals surface area contributed by atoms with Crippen LogP contribution in [-0.4, -0.2) is 19.8 Å². The average molecular weight is 261 g/mol. The molecule has 0 aromatic heterocycles. The number of benzene rings is 1. The molecule has 3 nitrogen and oxygen atoms in total. The third-order valence-electron chi connectivity index (χ3n) is 4.30. The average Bonchev–Trinajstić information content (AvgIpc) is 2.47. The maximum absolute atomic E-state index is 6.18. The van der Waals surface area contributed by atoms with Crippen LogP contribution in [0.15, 0.2) is 18.2 Å². The Kier molecular flexibility index (Phi) is 4.04. The van der Waals surface area contributed by atoms with Gasteiger partial charge in [-0.25, -0.2) is 0 Å². The molecule has 3 rings (SSSR count). The van der Waals surface area contributed by atoms with Crippen LogP contribution in [0.4, 0.5) is 0 Å². The van der Waals surface area contributed by atoms with E-state index in [4.69, 9.17) is 15.2 Å². The highest BCUT2D eigenvalue weighted by Gasteiger charge is 2.18. The van der Waals surface area contributed by atoms with Crippen molar-refractivity contribution < 1.29 is 9.47 Å². The Morgan fingerprint density at radius 3 is 2.89 bits per heavy atom. The first kappa shape index (κ1) is 12.9. The van der Waals surface area contributed by atoms with Crippen LogP contribution in [0.2, 0.25) is 0 Å². The molecule has 0 saturated carbocycles. The van der Waals surface area contributed by atoms with Crippen molar-refractivity contribution in [2.24, 2.45) is 11.7 Å². The minimum Gasteiger partial charge on any atom is -0.493 e. The Labute approximate surface area is 115 Å². The number of nitrogens with two attached hydrogens (primary N) is 1. The van der Waals surface area contributed by atoms with Crippen molar-refractivity contribution in [3.05, 3.63) is 29.3 Å². The molecule has 0 spiro atoms. The zero-order valence-corrected chi connectivity index (χ0v) is 11.4. The van der Waals surface area contributed by atoms with Crippen LogP contribution in [0.1, 0.15) is 42.9 Å². The van der Waals surface area contributed by atoms with Gasteiger partial charge in [-0.15, -0.1) is 0 Å². The molecule has 1 aromatic rings. The molecule has 0 bridgehead atoms. The van der Waals surface area contributed by atoms with E-state index in [2.05, 4.69) is 18.2 Å². The summed E-state index contributed by atoms with van der Waals surface area (Å²) in [5, 5.41) is 0. The molecule has 1 saturated heterocycles. The number of rotatable bonds is 3. The van der Waals surface area contributed by atoms with E-state index in [9.17, 15) is 0 Å². The fourth-order valence-corrected chi connectivity index (χ4v) is 3.03. The van der Waals surface area contributed by atoms with Crippen molar-refractivity contribution in [1.82, 2.24) is 0 Å². The molecule has 104 valence electrons. The summed E-state index contributed by atoms with van der Waals surface area (Å²) in [5.74, 6) is 1.61. The summed E-state index contributed by atoms with van der Waals surface area (Å²) in [6, 6.07) is 6.62. The van der Waals surface area contributed by atoms with E-state index in [-0.39, 0.29) is 6.04 Å². The molecule has 1 atom stereocenters. The molecule has 0 amide bonds. The van der Waals surface area contributed by atoms with Gasteiger partial charge >= 0.3 is 0 Å². The topological polar surface area (TPSA) is 44.5 Å². The van der Waals surface area contributed by atoms with Gasteiger partial charge in [-0.2, -0.15) is 0 Å². The second-order valence-corrected chi connectivity index (χ2v) is 5.73. The van der Waals surface area contributed by atoms with Gasteiger partial charge in [0.25, 0.3) is 0 Å². The standard InChI is InChI=1S/C16H23NO2/c17-16-3-1-2-13-4-5-14(10-15(13)16)19-11-12-6-8-18-9-7-12/h4-5,10,12,16H,1-3,6-9,11,17H2. The molecule has 1 heterocycles. The van der Waals surface area contributed by atoms with Gasteiger partial charge in [0, 0.05) is 19.3 Å². The van der Waals surface area contributed by atoms with E-state index in [0.717, 1.165) is 51.3 Å². The largest absolute Gasteiger partial charge is 0.493 e. The maximum atomic E-state index is 6.18. The Bertz CT molecular complexity index is 427. The van der Waals surface area contributed by atoms with E-state index in [1.807, 2.05) is 0 Å². The summed E-state index contributed by atoms with van der Waals surface area (Å²) in [6.07, 6.45) is 5.69. The fourth-order valence-electron chi connectivity index (χ4n) is 3.03. The number of fused-ring (bicyclic) bond motifs is 1. The predicted octanol–water partition coefficient (Wildman–Crippen LogP) is 2.83. The lowest BCUT2D eigenvalue weighted by Crippen LogP contribution is -2.22. The Balaban J connectivity index is 1.63. The zero-order chi connectivity index (χ0) is 13.1. The third-order valence-corrected chi connectivity index (χ3v) is 4.30. The van der Waals surface area contributed by atoms with Crippen LogP contribution in [0, 0.1) is 5.92 Å². The van der Waals surface area contributed by atoms with E-state index < -0.39 is 0 Å². The summed E-state index contributed by atoms with van der Waals surface area (Å²) in [5.41, 5.74) is 8.87. The second kappa shape index (κ2) is 5.93. The second-order valence-electron chi connectivity index (χ2n) is 5.73. The molecule has 19 heavy (non-hydrogen) atoms. The normalized spacial score (nSPS) is 23.9. The molecule has 1 aromatic carbocycles. The quantitative estimate of drug-likeness (QED) is 0.910. The number of hydrogen-bond acceptors (Lipinski definition) is 3. The van der Waals surface area contributed by atoms with Crippen LogP contribution in [0.3, 0.4) is 0 Å². The van der Waals surface area contributed by atoms with E-state index in [0.29, 0.717) is 5.92 Å². The van der Waals surface area contributed by atoms with Crippen molar-refractivity contribution in [2.45, 2.75) is 38.1 Å². The molecule has 1 aliphatic heterocycles. The highest BCUT2D eigenvalue weighted by atomic mass is 16.5.